The molecule has 0 aliphatic carbocycles. The van der Waals surface area contributed by atoms with Crippen molar-refractivity contribution in [2.75, 3.05) is 19.1 Å². The molecular formula is C12H15FN4OS. The van der Waals surface area contributed by atoms with Crippen LogP contribution >= 0.6 is 11.5 Å². The maximum absolute atomic E-state index is 14.1. The number of hydrogen-bond acceptors (Lipinski definition) is 6. The lowest BCUT2D eigenvalue weighted by atomic mass is 10.3. The highest BCUT2D eigenvalue weighted by Gasteiger charge is 2.15. The van der Waals surface area contributed by atoms with Gasteiger partial charge in [-0.2, -0.15) is 4.37 Å². The van der Waals surface area contributed by atoms with Gasteiger partial charge in [-0.25, -0.2) is 14.4 Å². The average Bonchev–Trinajstić information content (AvgIpc) is 2.86. The zero-order valence-corrected chi connectivity index (χ0v) is 11.9. The highest BCUT2D eigenvalue weighted by Crippen LogP contribution is 2.22. The van der Waals surface area contributed by atoms with E-state index in [1.807, 2.05) is 13.0 Å². The molecule has 0 saturated heterocycles. The number of methoxy groups -OCH3 is 1. The third kappa shape index (κ3) is 2.98. The van der Waals surface area contributed by atoms with E-state index in [1.165, 1.54) is 17.9 Å². The first-order valence-corrected chi connectivity index (χ1v) is 6.63. The number of hydrogen-bond donors (Lipinski definition) is 0. The van der Waals surface area contributed by atoms with Crippen LogP contribution in [0.2, 0.25) is 0 Å². The van der Waals surface area contributed by atoms with Crippen molar-refractivity contribution in [2.45, 2.75) is 19.9 Å². The van der Waals surface area contributed by atoms with Crippen molar-refractivity contribution in [1.29, 1.82) is 0 Å². The zero-order chi connectivity index (χ0) is 13.8. The predicted octanol–water partition coefficient (Wildman–Crippen LogP) is 2.28. The topological polar surface area (TPSA) is 51.1 Å². The van der Waals surface area contributed by atoms with Crippen LogP contribution in [0.25, 0.3) is 0 Å². The van der Waals surface area contributed by atoms with Gasteiger partial charge in [0.1, 0.15) is 6.33 Å². The summed E-state index contributed by atoms with van der Waals surface area (Å²) >= 11 is 1.33. The monoisotopic (exact) mass is 282 g/mol. The molecule has 0 bridgehead atoms. The Morgan fingerprint density at radius 1 is 1.42 bits per heavy atom. The molecule has 0 spiro atoms. The average molecular weight is 282 g/mol. The molecule has 5 nitrogen and oxygen atoms in total. The SMILES string of the molecule is CCc1ncnc(N(C)Cc2cc(OC)ns2)c1F. The van der Waals surface area contributed by atoms with Gasteiger partial charge < -0.3 is 9.64 Å². The Bertz CT molecular complexity index is 560. The number of aryl methyl sites for hydroxylation is 1. The Balaban J connectivity index is 2.17. The van der Waals surface area contributed by atoms with Gasteiger partial charge in [0.2, 0.25) is 5.88 Å². The standard InChI is InChI=1S/C12H15FN4OS/c1-4-9-11(13)12(15-7-14-9)17(2)6-8-5-10(18-3)16-19-8/h5,7H,4,6H2,1-3H3. The van der Waals surface area contributed by atoms with Gasteiger partial charge in [-0.05, 0) is 18.0 Å². The van der Waals surface area contributed by atoms with Gasteiger partial charge in [0.15, 0.2) is 11.6 Å². The molecular weight excluding hydrogens is 267 g/mol. The van der Waals surface area contributed by atoms with Crippen LogP contribution in [-0.2, 0) is 13.0 Å². The fourth-order valence-electron chi connectivity index (χ4n) is 1.68. The fraction of sp³-hybridized carbons (Fsp3) is 0.417. The van der Waals surface area contributed by atoms with E-state index in [-0.39, 0.29) is 5.82 Å². The normalized spacial score (nSPS) is 10.5. The Labute approximate surface area is 115 Å². The maximum atomic E-state index is 14.1. The molecule has 19 heavy (non-hydrogen) atoms. The Morgan fingerprint density at radius 3 is 2.84 bits per heavy atom. The summed E-state index contributed by atoms with van der Waals surface area (Å²) in [5.74, 6) is 0.522. The molecule has 0 aromatic carbocycles. The quantitative estimate of drug-likeness (QED) is 0.842. The lowest BCUT2D eigenvalue weighted by Gasteiger charge is -2.18. The summed E-state index contributed by atoms with van der Waals surface area (Å²) in [6.45, 7) is 2.39. The molecule has 0 fully saturated rings. The lowest BCUT2D eigenvalue weighted by molar-refractivity contribution is 0.402. The van der Waals surface area contributed by atoms with E-state index in [0.717, 1.165) is 4.88 Å². The van der Waals surface area contributed by atoms with Crippen molar-refractivity contribution in [3.8, 4) is 5.88 Å². The van der Waals surface area contributed by atoms with Gasteiger partial charge in [0, 0.05) is 18.0 Å². The minimum Gasteiger partial charge on any atom is -0.480 e. The van der Waals surface area contributed by atoms with Gasteiger partial charge in [-0.15, -0.1) is 0 Å². The number of halogens is 1. The fourth-order valence-corrected chi connectivity index (χ4v) is 2.42. The van der Waals surface area contributed by atoms with E-state index in [0.29, 0.717) is 30.4 Å². The van der Waals surface area contributed by atoms with Crippen LogP contribution in [0.1, 0.15) is 17.5 Å². The number of nitrogens with zero attached hydrogens (tertiary/aromatic N) is 4. The van der Waals surface area contributed by atoms with Crippen molar-refractivity contribution in [3.05, 3.63) is 28.8 Å². The summed E-state index contributed by atoms with van der Waals surface area (Å²) < 4.78 is 23.2. The molecule has 0 aliphatic heterocycles. The van der Waals surface area contributed by atoms with Crippen LogP contribution in [0.3, 0.4) is 0 Å². The number of anilines is 1. The summed E-state index contributed by atoms with van der Waals surface area (Å²) in [6, 6.07) is 1.83. The van der Waals surface area contributed by atoms with Crippen molar-refractivity contribution in [1.82, 2.24) is 14.3 Å². The summed E-state index contributed by atoms with van der Waals surface area (Å²) in [7, 11) is 3.36. The Hall–Kier alpha value is -1.76. The van der Waals surface area contributed by atoms with Gasteiger partial charge in [-0.3, -0.25) is 0 Å². The highest BCUT2D eigenvalue weighted by molar-refractivity contribution is 7.05. The second-order valence-corrected chi connectivity index (χ2v) is 4.89. The van der Waals surface area contributed by atoms with E-state index < -0.39 is 0 Å². The number of ether oxygens (including phenoxy) is 1. The molecule has 2 rings (SSSR count). The number of rotatable bonds is 5. The van der Waals surface area contributed by atoms with Gasteiger partial charge >= 0.3 is 0 Å². The second kappa shape index (κ2) is 5.92. The van der Waals surface area contributed by atoms with Crippen molar-refractivity contribution >= 4 is 17.4 Å². The molecule has 7 heteroatoms. The van der Waals surface area contributed by atoms with Crippen molar-refractivity contribution in [3.63, 3.8) is 0 Å². The maximum Gasteiger partial charge on any atom is 0.225 e. The highest BCUT2D eigenvalue weighted by atomic mass is 32.1. The Morgan fingerprint density at radius 2 is 2.21 bits per heavy atom. The molecule has 0 aliphatic rings. The minimum atomic E-state index is -0.357. The zero-order valence-electron chi connectivity index (χ0n) is 11.1. The number of aromatic nitrogens is 3. The second-order valence-electron chi connectivity index (χ2n) is 4.00. The molecule has 102 valence electrons. The predicted molar refractivity (Wildman–Crippen MR) is 72.1 cm³/mol. The van der Waals surface area contributed by atoms with E-state index in [9.17, 15) is 4.39 Å². The molecule has 0 saturated carbocycles. The smallest absolute Gasteiger partial charge is 0.225 e. The van der Waals surface area contributed by atoms with Crippen molar-refractivity contribution < 1.29 is 9.13 Å². The van der Waals surface area contributed by atoms with Crippen LogP contribution in [0, 0.1) is 5.82 Å². The van der Waals surface area contributed by atoms with E-state index in [2.05, 4.69) is 14.3 Å². The van der Waals surface area contributed by atoms with Crippen molar-refractivity contribution in [2.24, 2.45) is 0 Å². The van der Waals surface area contributed by atoms with Crippen LogP contribution in [-0.4, -0.2) is 28.5 Å². The third-order valence-corrected chi connectivity index (χ3v) is 3.43. The first-order chi connectivity index (χ1) is 9.15. The lowest BCUT2D eigenvalue weighted by Crippen LogP contribution is -2.19. The minimum absolute atomic E-state index is 0.305. The summed E-state index contributed by atoms with van der Waals surface area (Å²) in [4.78, 5) is 10.6. The van der Waals surface area contributed by atoms with Crippen LogP contribution in [0.4, 0.5) is 10.2 Å². The van der Waals surface area contributed by atoms with Gasteiger partial charge in [0.25, 0.3) is 0 Å². The summed E-state index contributed by atoms with van der Waals surface area (Å²) in [6.07, 6.45) is 1.94. The van der Waals surface area contributed by atoms with Crippen LogP contribution in [0.5, 0.6) is 5.88 Å². The molecule has 2 aromatic rings. The molecule has 0 radical (unpaired) electrons. The summed E-state index contributed by atoms with van der Waals surface area (Å²) in [5, 5.41) is 0. The third-order valence-electron chi connectivity index (χ3n) is 2.68. The molecule has 0 atom stereocenters. The largest absolute Gasteiger partial charge is 0.480 e. The summed E-state index contributed by atoms with van der Waals surface area (Å²) in [5.41, 5.74) is 0.429. The Kier molecular flexibility index (Phi) is 4.26. The van der Waals surface area contributed by atoms with Crippen LogP contribution < -0.4 is 9.64 Å². The first kappa shape index (κ1) is 13.7. The molecule has 2 aromatic heterocycles. The molecule has 2 heterocycles. The van der Waals surface area contributed by atoms with Gasteiger partial charge in [-0.1, -0.05) is 6.92 Å². The molecule has 0 unspecified atom stereocenters. The molecule has 0 amide bonds. The first-order valence-electron chi connectivity index (χ1n) is 5.85. The van der Waals surface area contributed by atoms with E-state index in [1.54, 1.807) is 19.1 Å². The molecule has 0 N–H and O–H groups in total. The van der Waals surface area contributed by atoms with E-state index >= 15 is 0 Å². The van der Waals surface area contributed by atoms with E-state index in [4.69, 9.17) is 4.74 Å². The van der Waals surface area contributed by atoms with Crippen LogP contribution in [0.15, 0.2) is 12.4 Å². The van der Waals surface area contributed by atoms with Gasteiger partial charge in [0.05, 0.1) is 19.3 Å².